The number of nitrogens with one attached hydrogen (secondary N) is 3. The lowest BCUT2D eigenvalue weighted by molar-refractivity contribution is -0.121. The third-order valence-corrected chi connectivity index (χ3v) is 11.7. The van der Waals surface area contributed by atoms with Crippen molar-refractivity contribution < 1.29 is 9.59 Å². The molecule has 2 aliphatic heterocycles. The molecule has 0 fully saturated rings. The summed E-state index contributed by atoms with van der Waals surface area (Å²) in [6.07, 6.45) is 21.3. The molecule has 0 unspecified atom stereocenters. The Bertz CT molecular complexity index is 2160. The van der Waals surface area contributed by atoms with Gasteiger partial charge in [0.2, 0.25) is 5.91 Å². The fourth-order valence-electron chi connectivity index (χ4n) is 8.12. The summed E-state index contributed by atoms with van der Waals surface area (Å²) in [5, 5.41) is 3.18. The number of aryl methyl sites for hydroxylation is 2. The van der Waals surface area contributed by atoms with Crippen molar-refractivity contribution in [2.45, 2.75) is 144 Å². The van der Waals surface area contributed by atoms with Crippen molar-refractivity contribution in [3.05, 3.63) is 82.5 Å². The van der Waals surface area contributed by atoms with E-state index in [0.29, 0.717) is 32.2 Å². The maximum Gasteiger partial charge on any atom is 0.220 e. The van der Waals surface area contributed by atoms with Gasteiger partial charge in [0.25, 0.3) is 0 Å². The number of hydrogen-bond acceptors (Lipinski definition) is 4. The van der Waals surface area contributed by atoms with Crippen molar-refractivity contribution in [1.29, 1.82) is 0 Å². The number of aromatic nitrogens is 4. The Balaban J connectivity index is 1.41. The second-order valence-electron chi connectivity index (χ2n) is 15.9. The van der Waals surface area contributed by atoms with Crippen LogP contribution in [0.4, 0.5) is 0 Å². The number of hydrogen-bond donors (Lipinski definition) is 3. The first kappa shape index (κ1) is 42.4. The van der Waals surface area contributed by atoms with Crippen LogP contribution in [0.3, 0.4) is 0 Å². The van der Waals surface area contributed by atoms with E-state index in [0.717, 1.165) is 102 Å². The van der Waals surface area contributed by atoms with Crippen LogP contribution < -0.4 is 5.32 Å². The first-order valence-corrected chi connectivity index (χ1v) is 21.2. The summed E-state index contributed by atoms with van der Waals surface area (Å²) in [6, 6.07) is 8.39. The standard InChI is InChI=1S/C49H65N5O2/c1-9-12-13-14-15-16-17-18-19-20-21-22-27-50-49(56)26-25-40-36(8)42-28-41-33(5)37(10-2)45(51-41)29-43-34(6)38(11-3)46(52-43)30-44-35(7)39(24-23-32(4)55)47(54-44)31-48(40)53-42/h10-11,28-31,51-52H,2-3,9,12-27H2,1,4-8H3,(H,50,56). The SMILES string of the molecule is C=Cc1c(C)c2cc3[nH]c(cc4nc(cc5nc(cc1[nH]2)C(C)=C5CCC(C)=O)C(CCC(=O)NCCCCCCCCCCCCCC)=C4C)c(C)c3C=C. The lowest BCUT2D eigenvalue weighted by Crippen LogP contribution is -2.24. The van der Waals surface area contributed by atoms with Crippen LogP contribution in [-0.4, -0.2) is 38.2 Å². The van der Waals surface area contributed by atoms with Gasteiger partial charge in [0.05, 0.1) is 22.8 Å². The molecule has 0 aliphatic carbocycles. The summed E-state index contributed by atoms with van der Waals surface area (Å²) in [6.45, 7) is 21.3. The van der Waals surface area contributed by atoms with Crippen LogP contribution in [-0.2, 0) is 9.59 Å². The highest BCUT2D eigenvalue weighted by Gasteiger charge is 2.22. The van der Waals surface area contributed by atoms with Gasteiger partial charge in [-0.3, -0.25) is 4.79 Å². The normalized spacial score (nSPS) is 12.8. The highest BCUT2D eigenvalue weighted by Crippen LogP contribution is 2.38. The maximum atomic E-state index is 13.2. The average Bonchev–Trinajstić information content (AvgIpc) is 3.84. The molecule has 3 N–H and O–H groups in total. The maximum absolute atomic E-state index is 13.2. The average molecular weight is 756 g/mol. The molecule has 3 aromatic rings. The van der Waals surface area contributed by atoms with Crippen molar-refractivity contribution in [2.75, 3.05) is 6.54 Å². The van der Waals surface area contributed by atoms with E-state index in [-0.39, 0.29) is 11.7 Å². The molecule has 298 valence electrons. The summed E-state index contributed by atoms with van der Waals surface area (Å²) in [5.74, 6) is 0.211. The number of Topliss-reactive ketones (excluding diaryl/α,β-unsaturated/α-hetero) is 1. The molecule has 56 heavy (non-hydrogen) atoms. The minimum atomic E-state index is 0.0688. The topological polar surface area (TPSA) is 104 Å². The van der Waals surface area contributed by atoms with E-state index < -0.39 is 0 Å². The van der Waals surface area contributed by atoms with Crippen molar-refractivity contribution in [3.63, 3.8) is 0 Å². The number of unbranched alkanes of at least 4 members (excludes halogenated alkanes) is 11. The summed E-state index contributed by atoms with van der Waals surface area (Å²) in [7, 11) is 0. The largest absolute Gasteiger partial charge is 0.356 e. The minimum Gasteiger partial charge on any atom is -0.356 e. The Morgan fingerprint density at radius 3 is 1.55 bits per heavy atom. The number of fused-ring (bicyclic) bond motifs is 8. The van der Waals surface area contributed by atoms with Gasteiger partial charge < -0.3 is 20.1 Å². The van der Waals surface area contributed by atoms with Crippen molar-refractivity contribution >= 4 is 68.2 Å². The Morgan fingerprint density at radius 2 is 1.05 bits per heavy atom. The van der Waals surface area contributed by atoms with Crippen molar-refractivity contribution in [1.82, 2.24) is 25.3 Å². The molecule has 0 spiro atoms. The van der Waals surface area contributed by atoms with Crippen LogP contribution in [0.25, 0.3) is 56.5 Å². The van der Waals surface area contributed by atoms with Gasteiger partial charge in [0, 0.05) is 52.6 Å². The van der Waals surface area contributed by atoms with Gasteiger partial charge in [-0.1, -0.05) is 103 Å². The quantitative estimate of drug-likeness (QED) is 0.0942. The minimum absolute atomic E-state index is 0.0688. The number of nitrogens with zero attached hydrogens (tertiary/aromatic N) is 2. The van der Waals surface area contributed by atoms with Crippen molar-refractivity contribution in [3.8, 4) is 0 Å². The van der Waals surface area contributed by atoms with Crippen LogP contribution in [0.1, 0.15) is 175 Å². The third-order valence-electron chi connectivity index (χ3n) is 11.7. The smallest absolute Gasteiger partial charge is 0.220 e. The number of ketones is 1. The highest BCUT2D eigenvalue weighted by molar-refractivity contribution is 5.97. The summed E-state index contributed by atoms with van der Waals surface area (Å²) < 4.78 is 0. The highest BCUT2D eigenvalue weighted by atomic mass is 16.1. The number of carbonyl (C=O) groups excluding carboxylic acids is 2. The molecule has 0 aromatic carbocycles. The Kier molecular flexibility index (Phi) is 15.4. The summed E-state index contributed by atoms with van der Waals surface area (Å²) in [5.41, 5.74) is 15.6. The molecule has 1 amide bonds. The second-order valence-corrected chi connectivity index (χ2v) is 15.9. The van der Waals surface area contributed by atoms with E-state index in [1.165, 1.54) is 64.2 Å². The van der Waals surface area contributed by atoms with Crippen molar-refractivity contribution in [2.24, 2.45) is 0 Å². The number of amides is 1. The fraction of sp³-hybridized carbons (Fsp3) is 0.469. The molecule has 7 nitrogen and oxygen atoms in total. The number of aromatic amines is 2. The van der Waals surface area contributed by atoms with E-state index >= 15 is 0 Å². The second kappa shape index (κ2) is 20.4. The van der Waals surface area contributed by atoms with Gasteiger partial charge in [-0.2, -0.15) is 0 Å². The van der Waals surface area contributed by atoms with E-state index in [9.17, 15) is 9.59 Å². The van der Waals surface area contributed by atoms with Crippen LogP contribution in [0.2, 0.25) is 0 Å². The molecule has 5 rings (SSSR count). The molecule has 0 saturated heterocycles. The molecule has 0 radical (unpaired) electrons. The monoisotopic (exact) mass is 756 g/mol. The molecule has 5 heterocycles. The van der Waals surface area contributed by atoms with E-state index in [1.807, 2.05) is 12.2 Å². The number of carbonyl (C=O) groups is 2. The van der Waals surface area contributed by atoms with Gasteiger partial charge in [-0.05, 0) is 112 Å². The molecule has 0 saturated carbocycles. The number of rotatable bonds is 21. The van der Waals surface area contributed by atoms with Gasteiger partial charge in [-0.15, -0.1) is 0 Å². The first-order valence-electron chi connectivity index (χ1n) is 21.2. The molecular formula is C49H65N5O2. The summed E-state index contributed by atoms with van der Waals surface area (Å²) >= 11 is 0. The van der Waals surface area contributed by atoms with Gasteiger partial charge in [0.1, 0.15) is 5.78 Å². The third kappa shape index (κ3) is 10.5. The lowest BCUT2D eigenvalue weighted by atomic mass is 9.97. The molecule has 2 aliphatic rings. The van der Waals surface area contributed by atoms with Crippen LogP contribution in [0, 0.1) is 13.8 Å². The summed E-state index contributed by atoms with van der Waals surface area (Å²) in [4.78, 5) is 43.0. The Hall–Kier alpha value is -4.78. The van der Waals surface area contributed by atoms with E-state index in [2.05, 4.69) is 87.3 Å². The van der Waals surface area contributed by atoms with E-state index in [1.54, 1.807) is 6.92 Å². The van der Waals surface area contributed by atoms with Gasteiger partial charge >= 0.3 is 0 Å². The fourth-order valence-corrected chi connectivity index (χ4v) is 8.12. The van der Waals surface area contributed by atoms with E-state index in [4.69, 9.17) is 9.97 Å². The number of allylic oxidation sites excluding steroid dienone is 4. The molecular weight excluding hydrogens is 691 g/mol. The molecule has 3 aromatic heterocycles. The predicted octanol–water partition coefficient (Wildman–Crippen LogP) is 13.0. The molecule has 7 heteroatoms. The van der Waals surface area contributed by atoms with Crippen LogP contribution in [0.15, 0.2) is 37.4 Å². The lowest BCUT2D eigenvalue weighted by Gasteiger charge is -2.08. The zero-order chi connectivity index (χ0) is 40.2. The zero-order valence-corrected chi connectivity index (χ0v) is 35.1. The molecule has 8 bridgehead atoms. The van der Waals surface area contributed by atoms with Gasteiger partial charge in [-0.25, -0.2) is 9.97 Å². The molecule has 0 atom stereocenters. The predicted molar refractivity (Wildman–Crippen MR) is 239 cm³/mol. The number of H-pyrrole nitrogens is 2. The Morgan fingerprint density at radius 1 is 0.607 bits per heavy atom. The van der Waals surface area contributed by atoms with Crippen LogP contribution >= 0.6 is 0 Å². The van der Waals surface area contributed by atoms with Crippen LogP contribution in [0.5, 0.6) is 0 Å². The first-order chi connectivity index (χ1) is 27.1. The van der Waals surface area contributed by atoms with Gasteiger partial charge in [0.15, 0.2) is 0 Å². The Labute approximate surface area is 335 Å². The zero-order valence-electron chi connectivity index (χ0n) is 35.1.